The second-order valence-corrected chi connectivity index (χ2v) is 8.21. The third-order valence-electron chi connectivity index (χ3n) is 4.29. The minimum absolute atomic E-state index is 0.0838. The summed E-state index contributed by atoms with van der Waals surface area (Å²) in [4.78, 5) is 0.310. The van der Waals surface area contributed by atoms with Gasteiger partial charge in [0.15, 0.2) is 0 Å². The average Bonchev–Trinajstić information content (AvgIpc) is 2.53. The molecule has 1 aliphatic heterocycles. The Morgan fingerprint density at radius 3 is 2.45 bits per heavy atom. The Morgan fingerprint density at radius 1 is 1.18 bits per heavy atom. The van der Waals surface area contributed by atoms with Gasteiger partial charge in [-0.15, -0.1) is 0 Å². The molecule has 0 amide bonds. The van der Waals surface area contributed by atoms with Crippen LogP contribution < -0.4 is 0 Å². The monoisotopic (exact) mass is 323 g/mol. The molecule has 5 heteroatoms. The van der Waals surface area contributed by atoms with E-state index in [0.29, 0.717) is 24.4 Å². The van der Waals surface area contributed by atoms with Crippen LogP contribution in [0.15, 0.2) is 40.8 Å². The Kier molecular flexibility index (Phi) is 5.42. The molecule has 1 heterocycles. The molecule has 0 saturated heterocycles. The lowest BCUT2D eigenvalue weighted by Gasteiger charge is -2.26. The molecule has 0 aromatic heterocycles. The third-order valence-corrected chi connectivity index (χ3v) is 6.13. The zero-order chi connectivity index (χ0) is 16.3. The lowest BCUT2D eigenvalue weighted by atomic mass is 9.99. The van der Waals surface area contributed by atoms with Gasteiger partial charge in [0.2, 0.25) is 10.0 Å². The summed E-state index contributed by atoms with van der Waals surface area (Å²) in [6.45, 7) is 6.52. The number of hydrogen-bond acceptors (Lipinski definition) is 3. The first kappa shape index (κ1) is 17.2. The number of allylic oxidation sites excluding steroid dienone is 1. The summed E-state index contributed by atoms with van der Waals surface area (Å²) in [7, 11) is -3.54. The molecule has 2 atom stereocenters. The van der Waals surface area contributed by atoms with Gasteiger partial charge in [0.25, 0.3) is 0 Å². The van der Waals surface area contributed by atoms with Gasteiger partial charge in [-0.3, -0.25) is 0 Å². The summed E-state index contributed by atoms with van der Waals surface area (Å²) >= 11 is 0. The van der Waals surface area contributed by atoms with Crippen LogP contribution in [0.25, 0.3) is 0 Å². The molecule has 122 valence electrons. The Balaban J connectivity index is 2.33. The third kappa shape index (κ3) is 3.97. The maximum Gasteiger partial charge on any atom is 0.243 e. The van der Waals surface area contributed by atoms with Crippen molar-refractivity contribution in [3.8, 4) is 0 Å². The van der Waals surface area contributed by atoms with Crippen LogP contribution in [0.4, 0.5) is 0 Å². The molecule has 1 N–H and O–H groups in total. The van der Waals surface area contributed by atoms with Crippen molar-refractivity contribution in [2.45, 2.75) is 44.6 Å². The Morgan fingerprint density at radius 2 is 1.82 bits per heavy atom. The highest BCUT2D eigenvalue weighted by Gasteiger charge is 2.28. The predicted octanol–water partition coefficient (Wildman–Crippen LogP) is 2.72. The topological polar surface area (TPSA) is 57.6 Å². The number of aliphatic hydroxyl groups excluding tert-OH is 1. The van der Waals surface area contributed by atoms with Crippen molar-refractivity contribution in [1.82, 2.24) is 4.31 Å². The van der Waals surface area contributed by atoms with Crippen molar-refractivity contribution in [2.75, 3.05) is 13.1 Å². The second kappa shape index (κ2) is 6.94. The number of rotatable bonds is 2. The number of aliphatic hydroxyl groups is 1. The van der Waals surface area contributed by atoms with Gasteiger partial charge in [0.1, 0.15) is 0 Å². The summed E-state index contributed by atoms with van der Waals surface area (Å²) in [5.74, 6) is -0.0838. The molecule has 1 aromatic rings. The summed E-state index contributed by atoms with van der Waals surface area (Å²) in [6, 6.07) is 6.91. The highest BCUT2D eigenvalue weighted by molar-refractivity contribution is 7.89. The van der Waals surface area contributed by atoms with Crippen molar-refractivity contribution in [1.29, 1.82) is 0 Å². The van der Waals surface area contributed by atoms with E-state index in [2.05, 4.69) is 0 Å². The number of hydrogen-bond donors (Lipinski definition) is 1. The van der Waals surface area contributed by atoms with E-state index in [1.54, 1.807) is 12.1 Å². The zero-order valence-corrected chi connectivity index (χ0v) is 14.3. The van der Waals surface area contributed by atoms with E-state index < -0.39 is 16.1 Å². The molecule has 1 aromatic carbocycles. The molecule has 2 rings (SSSR count). The van der Waals surface area contributed by atoms with E-state index in [9.17, 15) is 13.5 Å². The molecule has 0 bridgehead atoms. The van der Waals surface area contributed by atoms with Crippen LogP contribution in [0, 0.1) is 12.8 Å². The van der Waals surface area contributed by atoms with Crippen LogP contribution in [0.5, 0.6) is 0 Å². The summed E-state index contributed by atoms with van der Waals surface area (Å²) in [5.41, 5.74) is 2.15. The van der Waals surface area contributed by atoms with Crippen molar-refractivity contribution in [2.24, 2.45) is 5.92 Å². The van der Waals surface area contributed by atoms with E-state index in [-0.39, 0.29) is 5.92 Å². The Bertz CT molecular complexity index is 634. The number of aryl methyl sites for hydroxylation is 1. The number of sulfonamides is 1. The van der Waals surface area contributed by atoms with Crippen LogP contribution in [0.2, 0.25) is 0 Å². The fourth-order valence-corrected chi connectivity index (χ4v) is 4.07. The van der Waals surface area contributed by atoms with Crippen LogP contribution in [-0.2, 0) is 10.0 Å². The second-order valence-electron chi connectivity index (χ2n) is 6.27. The normalized spacial score (nSPS) is 27.4. The van der Waals surface area contributed by atoms with Crippen LogP contribution in [-0.4, -0.2) is 37.0 Å². The SMILES string of the molecule is C/C1=C/CN(S(=O)(=O)c2ccc(C)cc2)C[C@H](C)[C@H](O)CC1. The maximum absolute atomic E-state index is 12.8. The van der Waals surface area contributed by atoms with E-state index in [4.69, 9.17) is 0 Å². The van der Waals surface area contributed by atoms with Crippen LogP contribution in [0.3, 0.4) is 0 Å². The van der Waals surface area contributed by atoms with Gasteiger partial charge in [0, 0.05) is 13.1 Å². The molecule has 4 nitrogen and oxygen atoms in total. The van der Waals surface area contributed by atoms with Crippen molar-refractivity contribution in [3.05, 3.63) is 41.5 Å². The molecule has 0 fully saturated rings. The molecule has 0 radical (unpaired) electrons. The van der Waals surface area contributed by atoms with Gasteiger partial charge in [-0.1, -0.05) is 36.3 Å². The molecule has 1 aliphatic rings. The predicted molar refractivity (Wildman–Crippen MR) is 88.1 cm³/mol. The van der Waals surface area contributed by atoms with Gasteiger partial charge in [-0.05, 0) is 44.7 Å². The van der Waals surface area contributed by atoms with E-state index in [0.717, 1.165) is 17.6 Å². The molecule has 0 aliphatic carbocycles. The highest BCUT2D eigenvalue weighted by Crippen LogP contribution is 2.22. The zero-order valence-electron chi connectivity index (χ0n) is 13.5. The lowest BCUT2D eigenvalue weighted by molar-refractivity contribution is 0.0991. The van der Waals surface area contributed by atoms with Crippen molar-refractivity contribution < 1.29 is 13.5 Å². The van der Waals surface area contributed by atoms with Gasteiger partial charge >= 0.3 is 0 Å². The van der Waals surface area contributed by atoms with Gasteiger partial charge in [-0.2, -0.15) is 4.31 Å². The first-order valence-electron chi connectivity index (χ1n) is 7.71. The molecule has 22 heavy (non-hydrogen) atoms. The largest absolute Gasteiger partial charge is 0.393 e. The van der Waals surface area contributed by atoms with E-state index >= 15 is 0 Å². The molecule has 0 saturated carbocycles. The molecular formula is C17H25NO3S. The molecule has 0 spiro atoms. The number of benzene rings is 1. The molecular weight excluding hydrogens is 298 g/mol. The summed E-state index contributed by atoms with van der Waals surface area (Å²) in [6.07, 6.45) is 2.97. The smallest absolute Gasteiger partial charge is 0.243 e. The van der Waals surface area contributed by atoms with Gasteiger partial charge in [-0.25, -0.2) is 8.42 Å². The standard InChI is InChI=1S/C17H25NO3S/c1-13-4-7-16(8-5-13)22(20,21)18-11-10-14(2)6-9-17(19)15(3)12-18/h4-5,7-8,10,15,17,19H,6,9,11-12H2,1-3H3/b14-10-/t15-,17+/m0/s1. The van der Waals surface area contributed by atoms with Crippen molar-refractivity contribution >= 4 is 10.0 Å². The fourth-order valence-electron chi connectivity index (χ4n) is 2.59. The fraction of sp³-hybridized carbons (Fsp3) is 0.529. The first-order chi connectivity index (χ1) is 10.3. The maximum atomic E-state index is 12.8. The first-order valence-corrected chi connectivity index (χ1v) is 9.15. The lowest BCUT2D eigenvalue weighted by Crippen LogP contribution is -2.37. The summed E-state index contributed by atoms with van der Waals surface area (Å²) in [5, 5.41) is 10.2. The van der Waals surface area contributed by atoms with Crippen LogP contribution in [0.1, 0.15) is 32.3 Å². The summed E-state index contributed by atoms with van der Waals surface area (Å²) < 4.78 is 27.2. The van der Waals surface area contributed by atoms with Crippen molar-refractivity contribution in [3.63, 3.8) is 0 Å². The Hall–Kier alpha value is -1.17. The minimum Gasteiger partial charge on any atom is -0.393 e. The number of nitrogens with zero attached hydrogens (tertiary/aromatic N) is 1. The highest BCUT2D eigenvalue weighted by atomic mass is 32.2. The Labute approximate surface area is 133 Å². The van der Waals surface area contributed by atoms with Gasteiger partial charge in [0.05, 0.1) is 11.0 Å². The van der Waals surface area contributed by atoms with Gasteiger partial charge < -0.3 is 5.11 Å². The average molecular weight is 323 g/mol. The van der Waals surface area contributed by atoms with E-state index in [1.807, 2.05) is 39.0 Å². The quantitative estimate of drug-likeness (QED) is 0.851. The van der Waals surface area contributed by atoms with E-state index in [1.165, 1.54) is 4.31 Å². The van der Waals surface area contributed by atoms with Crippen LogP contribution >= 0.6 is 0 Å². The minimum atomic E-state index is -3.54. The molecule has 0 unspecified atom stereocenters.